The van der Waals surface area contributed by atoms with Gasteiger partial charge in [-0.05, 0) is 26.0 Å². The minimum atomic E-state index is 0.485. The standard InChI is InChI=1S/C14H22N2O2/c1-10-9-16(11(2)8-15-10)12-5-6-13(17-3)14(7-12)18-4/h5-7,10-11,15H,8-9H2,1-4H3. The van der Waals surface area contributed by atoms with Gasteiger partial charge >= 0.3 is 0 Å². The maximum atomic E-state index is 5.36. The molecule has 2 rings (SSSR count). The number of nitrogens with zero attached hydrogens (tertiary/aromatic N) is 1. The molecule has 1 aromatic carbocycles. The average Bonchev–Trinajstić information content (AvgIpc) is 2.40. The van der Waals surface area contributed by atoms with Crippen molar-refractivity contribution in [1.29, 1.82) is 0 Å². The molecule has 1 heterocycles. The molecule has 0 aliphatic carbocycles. The molecule has 0 saturated carbocycles. The van der Waals surface area contributed by atoms with Crippen molar-refractivity contribution in [2.75, 3.05) is 32.2 Å². The summed E-state index contributed by atoms with van der Waals surface area (Å²) in [5.74, 6) is 1.56. The number of piperazine rings is 1. The van der Waals surface area contributed by atoms with Crippen LogP contribution in [0.3, 0.4) is 0 Å². The minimum Gasteiger partial charge on any atom is -0.493 e. The van der Waals surface area contributed by atoms with Crippen LogP contribution < -0.4 is 19.7 Å². The van der Waals surface area contributed by atoms with E-state index in [1.165, 1.54) is 5.69 Å². The van der Waals surface area contributed by atoms with Crippen molar-refractivity contribution in [3.63, 3.8) is 0 Å². The van der Waals surface area contributed by atoms with Gasteiger partial charge in [-0.1, -0.05) is 0 Å². The van der Waals surface area contributed by atoms with Crippen molar-refractivity contribution in [2.24, 2.45) is 0 Å². The molecule has 4 heteroatoms. The summed E-state index contributed by atoms with van der Waals surface area (Å²) in [6.45, 7) is 6.46. The van der Waals surface area contributed by atoms with Crippen LogP contribution in [0.5, 0.6) is 11.5 Å². The lowest BCUT2D eigenvalue weighted by Crippen LogP contribution is -2.54. The Morgan fingerprint density at radius 1 is 1.17 bits per heavy atom. The molecular weight excluding hydrogens is 228 g/mol. The fraction of sp³-hybridized carbons (Fsp3) is 0.571. The predicted molar refractivity (Wildman–Crippen MR) is 73.8 cm³/mol. The van der Waals surface area contributed by atoms with Gasteiger partial charge in [-0.25, -0.2) is 0 Å². The largest absolute Gasteiger partial charge is 0.493 e. The van der Waals surface area contributed by atoms with Crippen LogP contribution in [0.4, 0.5) is 5.69 Å². The fourth-order valence-corrected chi connectivity index (χ4v) is 2.38. The number of hydrogen-bond acceptors (Lipinski definition) is 4. The zero-order valence-electron chi connectivity index (χ0n) is 11.6. The normalized spacial score (nSPS) is 23.9. The second kappa shape index (κ2) is 5.48. The highest BCUT2D eigenvalue weighted by molar-refractivity contribution is 5.57. The summed E-state index contributed by atoms with van der Waals surface area (Å²) in [5.41, 5.74) is 1.19. The van der Waals surface area contributed by atoms with E-state index < -0.39 is 0 Å². The van der Waals surface area contributed by atoms with Crippen molar-refractivity contribution in [2.45, 2.75) is 25.9 Å². The Morgan fingerprint density at radius 3 is 2.56 bits per heavy atom. The van der Waals surface area contributed by atoms with Gasteiger partial charge in [-0.15, -0.1) is 0 Å². The molecule has 1 saturated heterocycles. The van der Waals surface area contributed by atoms with Gasteiger partial charge in [0.15, 0.2) is 11.5 Å². The Kier molecular flexibility index (Phi) is 3.97. The van der Waals surface area contributed by atoms with E-state index in [2.05, 4.69) is 30.1 Å². The zero-order valence-corrected chi connectivity index (χ0v) is 11.6. The van der Waals surface area contributed by atoms with Crippen LogP contribution in [0.15, 0.2) is 18.2 Å². The molecule has 2 unspecified atom stereocenters. The van der Waals surface area contributed by atoms with Gasteiger partial charge < -0.3 is 19.7 Å². The lowest BCUT2D eigenvalue weighted by Gasteiger charge is -2.39. The fourth-order valence-electron chi connectivity index (χ4n) is 2.38. The van der Waals surface area contributed by atoms with E-state index in [9.17, 15) is 0 Å². The van der Waals surface area contributed by atoms with Crippen molar-refractivity contribution >= 4 is 5.69 Å². The van der Waals surface area contributed by atoms with E-state index in [1.807, 2.05) is 12.1 Å². The summed E-state index contributed by atoms with van der Waals surface area (Å²) < 4.78 is 10.6. The van der Waals surface area contributed by atoms with Crippen molar-refractivity contribution in [1.82, 2.24) is 5.32 Å². The van der Waals surface area contributed by atoms with Gasteiger partial charge in [0.2, 0.25) is 0 Å². The molecule has 1 N–H and O–H groups in total. The monoisotopic (exact) mass is 250 g/mol. The Morgan fingerprint density at radius 2 is 1.89 bits per heavy atom. The van der Waals surface area contributed by atoms with Crippen LogP contribution in [-0.2, 0) is 0 Å². The first-order valence-corrected chi connectivity index (χ1v) is 6.37. The van der Waals surface area contributed by atoms with Gasteiger partial charge in [0.05, 0.1) is 14.2 Å². The summed E-state index contributed by atoms with van der Waals surface area (Å²) in [7, 11) is 3.33. The Labute approximate surface area is 109 Å². The predicted octanol–water partition coefficient (Wildman–Crippen LogP) is 1.89. The van der Waals surface area contributed by atoms with Crippen LogP contribution in [0, 0.1) is 0 Å². The van der Waals surface area contributed by atoms with Gasteiger partial charge in [0.25, 0.3) is 0 Å². The highest BCUT2D eigenvalue weighted by atomic mass is 16.5. The number of ether oxygens (including phenoxy) is 2. The molecule has 0 radical (unpaired) electrons. The zero-order chi connectivity index (χ0) is 13.1. The second-order valence-electron chi connectivity index (χ2n) is 4.85. The van der Waals surface area contributed by atoms with Crippen LogP contribution in [-0.4, -0.2) is 39.4 Å². The number of anilines is 1. The molecule has 1 aliphatic rings. The Balaban J connectivity index is 2.26. The Bertz CT molecular complexity index is 409. The van der Waals surface area contributed by atoms with Gasteiger partial charge in [0.1, 0.15) is 0 Å². The smallest absolute Gasteiger partial charge is 0.162 e. The van der Waals surface area contributed by atoms with Crippen LogP contribution in [0.1, 0.15) is 13.8 Å². The molecule has 1 fully saturated rings. The van der Waals surface area contributed by atoms with E-state index in [0.717, 1.165) is 24.6 Å². The molecule has 0 spiro atoms. The number of nitrogens with one attached hydrogen (secondary N) is 1. The van der Waals surface area contributed by atoms with Crippen LogP contribution >= 0.6 is 0 Å². The third-order valence-electron chi connectivity index (χ3n) is 3.46. The highest BCUT2D eigenvalue weighted by Gasteiger charge is 2.23. The van der Waals surface area contributed by atoms with Crippen LogP contribution in [0.25, 0.3) is 0 Å². The third-order valence-corrected chi connectivity index (χ3v) is 3.46. The number of rotatable bonds is 3. The molecule has 18 heavy (non-hydrogen) atoms. The number of methoxy groups -OCH3 is 2. The van der Waals surface area contributed by atoms with E-state index in [1.54, 1.807) is 14.2 Å². The third kappa shape index (κ3) is 2.53. The summed E-state index contributed by atoms with van der Waals surface area (Å²) in [4.78, 5) is 2.41. The molecule has 0 aromatic heterocycles. The van der Waals surface area contributed by atoms with Gasteiger partial charge in [0, 0.05) is 36.9 Å². The molecule has 0 bridgehead atoms. The van der Waals surface area contributed by atoms with Crippen molar-refractivity contribution in [3.05, 3.63) is 18.2 Å². The van der Waals surface area contributed by atoms with Crippen molar-refractivity contribution in [3.8, 4) is 11.5 Å². The summed E-state index contributed by atoms with van der Waals surface area (Å²) >= 11 is 0. The Hall–Kier alpha value is -1.42. The number of benzene rings is 1. The average molecular weight is 250 g/mol. The van der Waals surface area contributed by atoms with E-state index in [-0.39, 0.29) is 0 Å². The molecule has 2 atom stereocenters. The summed E-state index contributed by atoms with van der Waals surface area (Å²) in [5, 5.41) is 3.49. The molecule has 1 aromatic rings. The topological polar surface area (TPSA) is 33.7 Å². The molecule has 1 aliphatic heterocycles. The first-order chi connectivity index (χ1) is 8.65. The van der Waals surface area contributed by atoms with Gasteiger partial charge in [-0.2, -0.15) is 0 Å². The van der Waals surface area contributed by atoms with E-state index in [0.29, 0.717) is 12.1 Å². The maximum absolute atomic E-state index is 5.36. The minimum absolute atomic E-state index is 0.485. The van der Waals surface area contributed by atoms with Gasteiger partial charge in [-0.3, -0.25) is 0 Å². The lowest BCUT2D eigenvalue weighted by atomic mass is 10.1. The molecular formula is C14H22N2O2. The van der Waals surface area contributed by atoms with Crippen molar-refractivity contribution < 1.29 is 9.47 Å². The van der Waals surface area contributed by atoms with E-state index >= 15 is 0 Å². The maximum Gasteiger partial charge on any atom is 0.162 e. The molecule has 0 amide bonds. The first-order valence-electron chi connectivity index (χ1n) is 6.37. The second-order valence-corrected chi connectivity index (χ2v) is 4.85. The number of hydrogen-bond donors (Lipinski definition) is 1. The molecule has 4 nitrogen and oxygen atoms in total. The summed E-state index contributed by atoms with van der Waals surface area (Å²) in [6, 6.07) is 7.10. The SMILES string of the molecule is COc1ccc(N2CC(C)NCC2C)cc1OC. The lowest BCUT2D eigenvalue weighted by molar-refractivity contribution is 0.354. The first kappa shape index (κ1) is 13.0. The van der Waals surface area contributed by atoms with Crippen LogP contribution in [0.2, 0.25) is 0 Å². The summed E-state index contributed by atoms with van der Waals surface area (Å²) in [6.07, 6.45) is 0. The van der Waals surface area contributed by atoms with E-state index in [4.69, 9.17) is 9.47 Å². The highest BCUT2D eigenvalue weighted by Crippen LogP contribution is 2.32. The quantitative estimate of drug-likeness (QED) is 0.888. The molecule has 100 valence electrons.